The summed E-state index contributed by atoms with van der Waals surface area (Å²) in [5.41, 5.74) is -0.178. The van der Waals surface area contributed by atoms with Crippen LogP contribution in [0.3, 0.4) is 0 Å². The Hall–Kier alpha value is -1.78. The van der Waals surface area contributed by atoms with Crippen LogP contribution < -0.4 is 0 Å². The molecular formula is C9H5F3O2. The van der Waals surface area contributed by atoms with Crippen molar-refractivity contribution < 1.29 is 23.1 Å². The number of halogens is 3. The lowest BCUT2D eigenvalue weighted by Gasteiger charge is -1.95. The summed E-state index contributed by atoms with van der Waals surface area (Å²) < 4.78 is 37.6. The SMILES string of the molecule is O=C(O)C(F)=Cc1cc(F)cc(F)c1. The Morgan fingerprint density at radius 2 is 1.71 bits per heavy atom. The summed E-state index contributed by atoms with van der Waals surface area (Å²) in [6, 6.07) is 2.26. The molecule has 1 N–H and O–H groups in total. The van der Waals surface area contributed by atoms with Crippen molar-refractivity contribution in [3.05, 3.63) is 41.2 Å². The van der Waals surface area contributed by atoms with E-state index in [1.807, 2.05) is 0 Å². The third-order valence-electron chi connectivity index (χ3n) is 1.38. The molecule has 5 heteroatoms. The third kappa shape index (κ3) is 2.62. The molecule has 14 heavy (non-hydrogen) atoms. The Morgan fingerprint density at radius 3 is 2.14 bits per heavy atom. The topological polar surface area (TPSA) is 37.3 Å². The highest BCUT2D eigenvalue weighted by atomic mass is 19.1. The van der Waals surface area contributed by atoms with E-state index in [2.05, 4.69) is 0 Å². The zero-order valence-corrected chi connectivity index (χ0v) is 6.80. The smallest absolute Gasteiger partial charge is 0.364 e. The molecule has 0 saturated carbocycles. The molecule has 0 aromatic heterocycles. The second-order valence-electron chi connectivity index (χ2n) is 2.50. The van der Waals surface area contributed by atoms with Gasteiger partial charge in [0.25, 0.3) is 0 Å². The molecule has 1 aromatic rings. The molecule has 1 aromatic carbocycles. The molecule has 0 fully saturated rings. The van der Waals surface area contributed by atoms with Crippen LogP contribution in [0, 0.1) is 11.6 Å². The van der Waals surface area contributed by atoms with Gasteiger partial charge >= 0.3 is 5.97 Å². The summed E-state index contributed by atoms with van der Waals surface area (Å²) in [7, 11) is 0. The van der Waals surface area contributed by atoms with Crippen LogP contribution in [0.25, 0.3) is 6.08 Å². The van der Waals surface area contributed by atoms with Crippen molar-refractivity contribution in [3.63, 3.8) is 0 Å². The van der Waals surface area contributed by atoms with Crippen LogP contribution in [0.2, 0.25) is 0 Å². The number of rotatable bonds is 2. The number of hydrogen-bond acceptors (Lipinski definition) is 1. The van der Waals surface area contributed by atoms with E-state index >= 15 is 0 Å². The summed E-state index contributed by atoms with van der Waals surface area (Å²) in [4.78, 5) is 10.0. The van der Waals surface area contributed by atoms with Gasteiger partial charge in [0.15, 0.2) is 0 Å². The summed E-state index contributed by atoms with van der Waals surface area (Å²) in [6.45, 7) is 0. The normalized spacial score (nSPS) is 11.5. The van der Waals surface area contributed by atoms with Gasteiger partial charge in [0.1, 0.15) is 11.6 Å². The van der Waals surface area contributed by atoms with Gasteiger partial charge < -0.3 is 5.11 Å². The largest absolute Gasteiger partial charge is 0.476 e. The first-order valence-electron chi connectivity index (χ1n) is 3.55. The number of carbonyl (C=O) groups is 1. The summed E-state index contributed by atoms with van der Waals surface area (Å²) >= 11 is 0. The van der Waals surface area contributed by atoms with Crippen LogP contribution in [0.4, 0.5) is 13.2 Å². The minimum absolute atomic E-state index is 0.178. The lowest BCUT2D eigenvalue weighted by molar-refractivity contribution is -0.134. The van der Waals surface area contributed by atoms with Crippen molar-refractivity contribution >= 4 is 12.0 Å². The molecule has 0 spiro atoms. The first-order valence-corrected chi connectivity index (χ1v) is 3.55. The molecule has 0 amide bonds. The average Bonchev–Trinajstić information content (AvgIpc) is 2.01. The van der Waals surface area contributed by atoms with E-state index in [9.17, 15) is 18.0 Å². The second kappa shape index (κ2) is 3.95. The van der Waals surface area contributed by atoms with Crippen LogP contribution in [-0.2, 0) is 4.79 Å². The zero-order valence-electron chi connectivity index (χ0n) is 6.80. The highest BCUT2D eigenvalue weighted by Crippen LogP contribution is 2.12. The average molecular weight is 202 g/mol. The van der Waals surface area contributed by atoms with Crippen LogP contribution in [0.15, 0.2) is 24.0 Å². The Morgan fingerprint density at radius 1 is 1.21 bits per heavy atom. The Balaban J connectivity index is 3.08. The third-order valence-corrected chi connectivity index (χ3v) is 1.38. The number of carboxylic acid groups (broad SMARTS) is 1. The molecule has 0 aliphatic rings. The van der Waals surface area contributed by atoms with Crippen molar-refractivity contribution in [2.45, 2.75) is 0 Å². The van der Waals surface area contributed by atoms with Crippen molar-refractivity contribution in [3.8, 4) is 0 Å². The maximum Gasteiger partial charge on any atom is 0.364 e. The van der Waals surface area contributed by atoms with Crippen LogP contribution >= 0.6 is 0 Å². The van der Waals surface area contributed by atoms with E-state index in [1.54, 1.807) is 0 Å². The summed E-state index contributed by atoms with van der Waals surface area (Å²) in [6.07, 6.45) is 0.536. The van der Waals surface area contributed by atoms with Gasteiger partial charge in [0, 0.05) is 6.07 Å². The fourth-order valence-electron chi connectivity index (χ4n) is 0.867. The van der Waals surface area contributed by atoms with E-state index in [0.29, 0.717) is 12.1 Å². The molecule has 0 bridgehead atoms. The fraction of sp³-hybridized carbons (Fsp3) is 0. The second-order valence-corrected chi connectivity index (χ2v) is 2.50. The Kier molecular flexibility index (Phi) is 2.91. The lowest BCUT2D eigenvalue weighted by Crippen LogP contribution is -1.94. The molecule has 0 heterocycles. The Labute approximate surface area is 77.3 Å². The molecule has 74 valence electrons. The van der Waals surface area contributed by atoms with Crippen LogP contribution in [0.5, 0.6) is 0 Å². The molecular weight excluding hydrogens is 197 g/mol. The predicted octanol–water partition coefficient (Wildman–Crippen LogP) is 2.36. The molecule has 0 radical (unpaired) electrons. The van der Waals surface area contributed by atoms with Gasteiger partial charge in [-0.05, 0) is 23.8 Å². The first kappa shape index (κ1) is 10.3. The van der Waals surface area contributed by atoms with Gasteiger partial charge in [0.05, 0.1) is 0 Å². The molecule has 0 saturated heterocycles. The summed E-state index contributed by atoms with van der Waals surface area (Å²) in [5.74, 6) is -5.05. The van der Waals surface area contributed by atoms with E-state index in [0.717, 1.165) is 12.1 Å². The van der Waals surface area contributed by atoms with Gasteiger partial charge in [0.2, 0.25) is 5.83 Å². The molecule has 0 aliphatic heterocycles. The zero-order chi connectivity index (χ0) is 10.7. The van der Waals surface area contributed by atoms with Crippen LogP contribution in [0.1, 0.15) is 5.56 Å². The molecule has 2 nitrogen and oxygen atoms in total. The van der Waals surface area contributed by atoms with Crippen molar-refractivity contribution in [2.75, 3.05) is 0 Å². The maximum absolute atomic E-state index is 12.5. The van der Waals surface area contributed by atoms with E-state index in [-0.39, 0.29) is 5.56 Å². The molecule has 0 atom stereocenters. The van der Waals surface area contributed by atoms with E-state index in [1.165, 1.54) is 0 Å². The summed E-state index contributed by atoms with van der Waals surface area (Å²) in [5, 5.41) is 8.15. The number of hydrogen-bond donors (Lipinski definition) is 1. The highest BCUT2D eigenvalue weighted by Gasteiger charge is 2.06. The maximum atomic E-state index is 12.5. The Bertz CT molecular complexity index is 379. The highest BCUT2D eigenvalue weighted by molar-refractivity contribution is 5.89. The van der Waals surface area contributed by atoms with Crippen molar-refractivity contribution in [1.82, 2.24) is 0 Å². The van der Waals surface area contributed by atoms with Crippen molar-refractivity contribution in [2.24, 2.45) is 0 Å². The van der Waals surface area contributed by atoms with E-state index < -0.39 is 23.4 Å². The lowest BCUT2D eigenvalue weighted by atomic mass is 10.2. The fourth-order valence-corrected chi connectivity index (χ4v) is 0.867. The van der Waals surface area contributed by atoms with Gasteiger partial charge in [-0.15, -0.1) is 0 Å². The monoisotopic (exact) mass is 202 g/mol. The minimum Gasteiger partial charge on any atom is -0.476 e. The van der Waals surface area contributed by atoms with Crippen LogP contribution in [-0.4, -0.2) is 11.1 Å². The van der Waals surface area contributed by atoms with Crippen molar-refractivity contribution in [1.29, 1.82) is 0 Å². The molecule has 0 unspecified atom stereocenters. The number of aliphatic carboxylic acids is 1. The quantitative estimate of drug-likeness (QED) is 0.747. The standard InChI is InChI=1S/C9H5F3O2/c10-6-1-5(2-7(11)4-6)3-8(12)9(13)14/h1-4H,(H,13,14). The van der Waals surface area contributed by atoms with Gasteiger partial charge in [-0.25, -0.2) is 13.6 Å². The van der Waals surface area contributed by atoms with Gasteiger partial charge in [-0.3, -0.25) is 0 Å². The molecule has 1 rings (SSSR count). The van der Waals surface area contributed by atoms with E-state index in [4.69, 9.17) is 5.11 Å². The van der Waals surface area contributed by atoms with Gasteiger partial charge in [-0.1, -0.05) is 0 Å². The number of carboxylic acids is 1. The number of benzene rings is 1. The minimum atomic E-state index is -1.78. The predicted molar refractivity (Wildman–Crippen MR) is 43.1 cm³/mol. The van der Waals surface area contributed by atoms with Gasteiger partial charge in [-0.2, -0.15) is 4.39 Å². The molecule has 0 aliphatic carbocycles. The first-order chi connectivity index (χ1) is 6.49.